The molecule has 1 amide bonds. The Morgan fingerprint density at radius 3 is 2.18 bits per heavy atom. The molecule has 0 aliphatic rings. The van der Waals surface area contributed by atoms with Crippen molar-refractivity contribution in [1.29, 1.82) is 0 Å². The number of benzene rings is 2. The van der Waals surface area contributed by atoms with Gasteiger partial charge in [-0.15, -0.1) is 0 Å². The van der Waals surface area contributed by atoms with Crippen LogP contribution >= 0.6 is 0 Å². The molecule has 0 aromatic heterocycles. The van der Waals surface area contributed by atoms with E-state index in [1.807, 2.05) is 31.2 Å². The molecule has 0 heterocycles. The lowest BCUT2D eigenvalue weighted by atomic mass is 10.1. The Bertz CT molecular complexity index is 863. The predicted octanol–water partition coefficient (Wildman–Crippen LogP) is 4.95. The molecule has 2 aromatic carbocycles. The van der Waals surface area contributed by atoms with E-state index in [1.54, 1.807) is 36.1 Å². The standard InChI is InChI=1S/C26H35NO6/c1-5-31-24(25(28)29)18-21-8-12-22(13-9-21)32-17-16-27(15-14-19(2)3)26(30)33-23-10-6-20(4)7-11-23/h6-13,19,24H,5,14-18H2,1-4H3,(H,28,29). The van der Waals surface area contributed by atoms with Crippen LogP contribution < -0.4 is 9.47 Å². The highest BCUT2D eigenvalue weighted by Gasteiger charge is 2.18. The molecular weight excluding hydrogens is 422 g/mol. The third kappa shape index (κ3) is 9.53. The summed E-state index contributed by atoms with van der Waals surface area (Å²) in [5.41, 5.74) is 1.95. The van der Waals surface area contributed by atoms with Crippen molar-refractivity contribution in [3.8, 4) is 11.5 Å². The second-order valence-electron chi connectivity index (χ2n) is 8.33. The second kappa shape index (κ2) is 13.5. The van der Waals surface area contributed by atoms with Gasteiger partial charge < -0.3 is 24.2 Å². The van der Waals surface area contributed by atoms with Crippen LogP contribution in [0.15, 0.2) is 48.5 Å². The van der Waals surface area contributed by atoms with Crippen molar-refractivity contribution in [2.24, 2.45) is 5.92 Å². The van der Waals surface area contributed by atoms with Crippen molar-refractivity contribution < 1.29 is 28.9 Å². The Kier molecular flexibility index (Phi) is 10.7. The van der Waals surface area contributed by atoms with Gasteiger partial charge in [0.1, 0.15) is 18.1 Å². The molecule has 0 aliphatic carbocycles. The van der Waals surface area contributed by atoms with E-state index in [4.69, 9.17) is 14.2 Å². The van der Waals surface area contributed by atoms with Gasteiger partial charge in [0.15, 0.2) is 6.10 Å². The van der Waals surface area contributed by atoms with Crippen molar-refractivity contribution in [3.63, 3.8) is 0 Å². The lowest BCUT2D eigenvalue weighted by molar-refractivity contribution is -0.149. The number of hydrogen-bond donors (Lipinski definition) is 1. The molecule has 0 bridgehead atoms. The van der Waals surface area contributed by atoms with Crippen molar-refractivity contribution in [3.05, 3.63) is 59.7 Å². The number of amides is 1. The lowest BCUT2D eigenvalue weighted by Crippen LogP contribution is -2.38. The summed E-state index contributed by atoms with van der Waals surface area (Å²) in [6.07, 6.45) is -0.107. The molecule has 33 heavy (non-hydrogen) atoms. The number of carbonyl (C=O) groups excluding carboxylic acids is 1. The first-order chi connectivity index (χ1) is 15.8. The Morgan fingerprint density at radius 1 is 0.970 bits per heavy atom. The fraction of sp³-hybridized carbons (Fsp3) is 0.462. The van der Waals surface area contributed by atoms with E-state index in [1.165, 1.54) is 0 Å². The maximum atomic E-state index is 12.7. The summed E-state index contributed by atoms with van der Waals surface area (Å²) in [5, 5.41) is 9.22. The minimum absolute atomic E-state index is 0.289. The molecule has 0 spiro atoms. The first-order valence-electron chi connectivity index (χ1n) is 11.4. The largest absolute Gasteiger partial charge is 0.492 e. The number of aryl methyl sites for hydroxylation is 1. The Morgan fingerprint density at radius 2 is 1.61 bits per heavy atom. The molecule has 2 aromatic rings. The number of ether oxygens (including phenoxy) is 3. The first kappa shape index (κ1) is 26.2. The van der Waals surface area contributed by atoms with Crippen LogP contribution in [0.5, 0.6) is 11.5 Å². The van der Waals surface area contributed by atoms with E-state index in [0.29, 0.717) is 43.7 Å². The van der Waals surface area contributed by atoms with Crippen LogP contribution in [0.25, 0.3) is 0 Å². The molecule has 2 rings (SSSR count). The molecule has 7 heteroatoms. The number of aliphatic carboxylic acids is 1. The van der Waals surface area contributed by atoms with Gasteiger partial charge in [0, 0.05) is 19.6 Å². The van der Waals surface area contributed by atoms with E-state index < -0.39 is 18.2 Å². The van der Waals surface area contributed by atoms with Crippen LogP contribution in [0.3, 0.4) is 0 Å². The molecule has 180 valence electrons. The zero-order valence-electron chi connectivity index (χ0n) is 20.0. The summed E-state index contributed by atoms with van der Waals surface area (Å²) in [5.74, 6) is 0.650. The lowest BCUT2D eigenvalue weighted by Gasteiger charge is -2.23. The van der Waals surface area contributed by atoms with Crippen LogP contribution in [0, 0.1) is 12.8 Å². The number of carboxylic acids is 1. The van der Waals surface area contributed by atoms with E-state index in [2.05, 4.69) is 13.8 Å². The van der Waals surface area contributed by atoms with Crippen LogP contribution in [-0.2, 0) is 16.0 Å². The Balaban J connectivity index is 1.90. The van der Waals surface area contributed by atoms with Gasteiger partial charge in [-0.2, -0.15) is 0 Å². The van der Waals surface area contributed by atoms with E-state index >= 15 is 0 Å². The average molecular weight is 458 g/mol. The fourth-order valence-corrected chi connectivity index (χ4v) is 3.11. The van der Waals surface area contributed by atoms with Gasteiger partial charge in [-0.05, 0) is 56.0 Å². The molecule has 0 saturated heterocycles. The number of hydrogen-bond acceptors (Lipinski definition) is 5. The molecule has 1 unspecified atom stereocenters. The fourth-order valence-electron chi connectivity index (χ4n) is 3.11. The zero-order chi connectivity index (χ0) is 24.2. The van der Waals surface area contributed by atoms with E-state index in [-0.39, 0.29) is 6.42 Å². The van der Waals surface area contributed by atoms with Gasteiger partial charge in [-0.1, -0.05) is 43.7 Å². The first-order valence-corrected chi connectivity index (χ1v) is 11.4. The molecule has 1 atom stereocenters. The second-order valence-corrected chi connectivity index (χ2v) is 8.33. The molecule has 1 N–H and O–H groups in total. The van der Waals surface area contributed by atoms with Crippen LogP contribution in [0.4, 0.5) is 4.79 Å². The molecule has 0 radical (unpaired) electrons. The Hall–Kier alpha value is -3.06. The summed E-state index contributed by atoms with van der Waals surface area (Å²) in [4.78, 5) is 25.6. The third-order valence-corrected chi connectivity index (χ3v) is 5.08. The number of nitrogens with zero attached hydrogens (tertiary/aromatic N) is 1. The van der Waals surface area contributed by atoms with Crippen molar-refractivity contribution >= 4 is 12.1 Å². The zero-order valence-corrected chi connectivity index (χ0v) is 20.0. The number of carboxylic acid groups (broad SMARTS) is 1. The molecule has 0 fully saturated rings. The highest BCUT2D eigenvalue weighted by atomic mass is 16.6. The molecule has 0 aliphatic heterocycles. The van der Waals surface area contributed by atoms with Gasteiger partial charge in [-0.3, -0.25) is 0 Å². The minimum Gasteiger partial charge on any atom is -0.492 e. The normalized spacial score (nSPS) is 11.8. The van der Waals surface area contributed by atoms with Crippen molar-refractivity contribution in [2.45, 2.75) is 46.6 Å². The van der Waals surface area contributed by atoms with Gasteiger partial charge >= 0.3 is 12.1 Å². The smallest absolute Gasteiger partial charge is 0.415 e. The third-order valence-electron chi connectivity index (χ3n) is 5.08. The van der Waals surface area contributed by atoms with Crippen LogP contribution in [0.2, 0.25) is 0 Å². The number of carbonyl (C=O) groups is 2. The molecular formula is C26H35NO6. The van der Waals surface area contributed by atoms with Gasteiger partial charge in [0.25, 0.3) is 0 Å². The quantitative estimate of drug-likeness (QED) is 0.458. The van der Waals surface area contributed by atoms with Crippen molar-refractivity contribution in [2.75, 3.05) is 26.3 Å². The van der Waals surface area contributed by atoms with Gasteiger partial charge in [-0.25, -0.2) is 9.59 Å². The highest BCUT2D eigenvalue weighted by molar-refractivity contribution is 5.72. The minimum atomic E-state index is -0.976. The maximum absolute atomic E-state index is 12.7. The van der Waals surface area contributed by atoms with Crippen LogP contribution in [-0.4, -0.2) is 54.5 Å². The average Bonchev–Trinajstić information content (AvgIpc) is 2.78. The summed E-state index contributed by atoms with van der Waals surface area (Å²) >= 11 is 0. The monoisotopic (exact) mass is 457 g/mol. The molecule has 0 saturated carbocycles. The summed E-state index contributed by atoms with van der Waals surface area (Å²) < 4.78 is 16.6. The highest BCUT2D eigenvalue weighted by Crippen LogP contribution is 2.16. The molecule has 7 nitrogen and oxygen atoms in total. The number of rotatable bonds is 13. The predicted molar refractivity (Wildman–Crippen MR) is 127 cm³/mol. The summed E-state index contributed by atoms with van der Waals surface area (Å²) in [7, 11) is 0. The topological polar surface area (TPSA) is 85.3 Å². The SMILES string of the molecule is CCOC(Cc1ccc(OCCN(CCC(C)C)C(=O)Oc2ccc(C)cc2)cc1)C(=O)O. The van der Waals surface area contributed by atoms with Crippen molar-refractivity contribution in [1.82, 2.24) is 4.90 Å². The van der Waals surface area contributed by atoms with E-state index in [0.717, 1.165) is 17.5 Å². The summed E-state index contributed by atoms with van der Waals surface area (Å²) in [6.45, 7) is 9.62. The summed E-state index contributed by atoms with van der Waals surface area (Å²) in [6, 6.07) is 14.6. The van der Waals surface area contributed by atoms with Gasteiger partial charge in [0.2, 0.25) is 0 Å². The van der Waals surface area contributed by atoms with Gasteiger partial charge in [0.05, 0.1) is 6.54 Å². The van der Waals surface area contributed by atoms with E-state index in [9.17, 15) is 14.7 Å². The van der Waals surface area contributed by atoms with Crippen LogP contribution in [0.1, 0.15) is 38.3 Å². The Labute approximate surface area is 196 Å². The maximum Gasteiger partial charge on any atom is 0.415 e.